The molecule has 98 valence electrons. The number of rotatable bonds is 2. The summed E-state index contributed by atoms with van der Waals surface area (Å²) in [5.74, 6) is -1.28. The van der Waals surface area contributed by atoms with Gasteiger partial charge in [-0.15, -0.1) is 0 Å². The lowest BCUT2D eigenvalue weighted by molar-refractivity contribution is -0.144. The second kappa shape index (κ2) is 5.27. The minimum Gasteiger partial charge on any atom is -0.481 e. The van der Waals surface area contributed by atoms with Crippen LogP contribution in [-0.4, -0.2) is 11.1 Å². The zero-order valence-electron chi connectivity index (χ0n) is 10.1. The first-order valence-electron chi connectivity index (χ1n) is 6.25. The zero-order chi connectivity index (χ0) is 13.2. The summed E-state index contributed by atoms with van der Waals surface area (Å²) < 4.78 is 13.1. The Morgan fingerprint density at radius 1 is 1.22 bits per heavy atom. The molecular formula is C14H16ClFO2. The maximum absolute atomic E-state index is 13.1. The summed E-state index contributed by atoms with van der Waals surface area (Å²) in [5.41, 5.74) is -0.388. The second-order valence-corrected chi connectivity index (χ2v) is 5.33. The Bertz CT molecular complexity index is 451. The lowest BCUT2D eigenvalue weighted by Crippen LogP contribution is -2.35. The fraction of sp³-hybridized carbons (Fsp3) is 0.500. The minimum atomic E-state index is -0.943. The fourth-order valence-electron chi connectivity index (χ4n) is 2.81. The molecular weight excluding hydrogens is 255 g/mol. The van der Waals surface area contributed by atoms with Crippen molar-refractivity contribution in [3.05, 3.63) is 34.6 Å². The van der Waals surface area contributed by atoms with Gasteiger partial charge in [-0.2, -0.15) is 0 Å². The highest BCUT2D eigenvalue weighted by Gasteiger charge is 2.41. The van der Waals surface area contributed by atoms with Crippen LogP contribution in [0, 0.1) is 5.82 Å². The number of hydrogen-bond acceptors (Lipinski definition) is 1. The summed E-state index contributed by atoms with van der Waals surface area (Å²) in [7, 11) is 0. The van der Waals surface area contributed by atoms with E-state index in [2.05, 4.69) is 0 Å². The monoisotopic (exact) mass is 270 g/mol. The maximum atomic E-state index is 13.1. The van der Waals surface area contributed by atoms with Gasteiger partial charge in [-0.3, -0.25) is 4.79 Å². The average Bonchev–Trinajstić information content (AvgIpc) is 2.55. The van der Waals surface area contributed by atoms with Crippen LogP contribution in [0.4, 0.5) is 4.39 Å². The van der Waals surface area contributed by atoms with E-state index in [0.717, 1.165) is 25.7 Å². The molecule has 1 aliphatic carbocycles. The maximum Gasteiger partial charge on any atom is 0.314 e. The summed E-state index contributed by atoms with van der Waals surface area (Å²) in [5, 5.41) is 9.83. The van der Waals surface area contributed by atoms with Crippen molar-refractivity contribution < 1.29 is 14.3 Å². The SMILES string of the molecule is O=C(O)C1(c2ccc(F)cc2Cl)CCCCCC1. The Labute approximate surface area is 111 Å². The molecule has 2 rings (SSSR count). The summed E-state index contributed by atoms with van der Waals surface area (Å²) >= 11 is 6.05. The molecule has 1 N–H and O–H groups in total. The van der Waals surface area contributed by atoms with Crippen molar-refractivity contribution in [1.82, 2.24) is 0 Å². The van der Waals surface area contributed by atoms with Gasteiger partial charge in [0.05, 0.1) is 5.41 Å². The molecule has 1 aromatic rings. The molecule has 0 saturated heterocycles. The molecule has 0 heterocycles. The molecule has 0 radical (unpaired) electrons. The molecule has 4 heteroatoms. The average molecular weight is 271 g/mol. The molecule has 0 aromatic heterocycles. The van der Waals surface area contributed by atoms with Crippen LogP contribution in [0.1, 0.15) is 44.1 Å². The van der Waals surface area contributed by atoms with Gasteiger partial charge < -0.3 is 5.11 Å². The first kappa shape index (κ1) is 13.3. The number of hydrogen-bond donors (Lipinski definition) is 1. The molecule has 18 heavy (non-hydrogen) atoms. The van der Waals surface area contributed by atoms with E-state index in [0.29, 0.717) is 18.4 Å². The number of carboxylic acid groups (broad SMARTS) is 1. The van der Waals surface area contributed by atoms with E-state index in [-0.39, 0.29) is 5.02 Å². The molecule has 1 aliphatic rings. The van der Waals surface area contributed by atoms with Crippen molar-refractivity contribution in [2.24, 2.45) is 0 Å². The van der Waals surface area contributed by atoms with Crippen LogP contribution in [-0.2, 0) is 10.2 Å². The van der Waals surface area contributed by atoms with Gasteiger partial charge >= 0.3 is 5.97 Å². The molecule has 0 amide bonds. The van der Waals surface area contributed by atoms with Crippen LogP contribution in [0.2, 0.25) is 5.02 Å². The standard InChI is InChI=1S/C14H16ClFO2/c15-12-9-10(16)5-6-11(12)14(13(17)18)7-3-1-2-4-8-14/h5-6,9H,1-4,7-8H2,(H,17,18). The van der Waals surface area contributed by atoms with Gasteiger partial charge in [-0.05, 0) is 30.5 Å². The normalized spacial score (nSPS) is 19.2. The predicted octanol–water partition coefficient (Wildman–Crippen LogP) is 4.16. The van der Waals surface area contributed by atoms with Gasteiger partial charge in [-0.25, -0.2) is 4.39 Å². The number of carbonyl (C=O) groups is 1. The van der Waals surface area contributed by atoms with Crippen LogP contribution in [0.15, 0.2) is 18.2 Å². The Morgan fingerprint density at radius 3 is 2.33 bits per heavy atom. The summed E-state index contributed by atoms with van der Waals surface area (Å²) in [6.07, 6.45) is 5.00. The fourth-order valence-corrected chi connectivity index (χ4v) is 3.16. The van der Waals surface area contributed by atoms with Crippen LogP contribution < -0.4 is 0 Å². The van der Waals surface area contributed by atoms with Crippen LogP contribution >= 0.6 is 11.6 Å². The highest BCUT2D eigenvalue weighted by atomic mass is 35.5. The predicted molar refractivity (Wildman–Crippen MR) is 68.4 cm³/mol. The molecule has 0 spiro atoms. The second-order valence-electron chi connectivity index (χ2n) is 4.93. The lowest BCUT2D eigenvalue weighted by atomic mass is 9.74. The van der Waals surface area contributed by atoms with E-state index in [1.54, 1.807) is 0 Å². The van der Waals surface area contributed by atoms with Gasteiger partial charge in [0.25, 0.3) is 0 Å². The molecule has 2 nitrogen and oxygen atoms in total. The molecule has 1 fully saturated rings. The molecule has 1 saturated carbocycles. The van der Waals surface area contributed by atoms with Crippen LogP contribution in [0.25, 0.3) is 0 Å². The Hall–Kier alpha value is -1.09. The van der Waals surface area contributed by atoms with Gasteiger partial charge in [0.2, 0.25) is 0 Å². The van der Waals surface area contributed by atoms with Crippen molar-refractivity contribution in [2.45, 2.75) is 43.9 Å². The minimum absolute atomic E-state index is 0.222. The number of halogens is 2. The molecule has 1 aromatic carbocycles. The van der Waals surface area contributed by atoms with Crippen molar-refractivity contribution in [3.8, 4) is 0 Å². The topological polar surface area (TPSA) is 37.3 Å². The molecule has 0 bridgehead atoms. The third kappa shape index (κ3) is 2.37. The van der Waals surface area contributed by atoms with E-state index in [4.69, 9.17) is 11.6 Å². The van der Waals surface area contributed by atoms with E-state index >= 15 is 0 Å². The summed E-state index contributed by atoms with van der Waals surface area (Å²) in [4.78, 5) is 11.7. The third-order valence-electron chi connectivity index (χ3n) is 3.81. The zero-order valence-corrected chi connectivity index (χ0v) is 10.8. The highest BCUT2D eigenvalue weighted by molar-refractivity contribution is 6.31. The number of benzene rings is 1. The quantitative estimate of drug-likeness (QED) is 0.820. The van der Waals surface area contributed by atoms with E-state index in [1.165, 1.54) is 18.2 Å². The smallest absolute Gasteiger partial charge is 0.314 e. The Balaban J connectivity index is 2.48. The third-order valence-corrected chi connectivity index (χ3v) is 4.13. The van der Waals surface area contributed by atoms with Gasteiger partial charge in [0.1, 0.15) is 5.82 Å². The molecule has 0 unspecified atom stereocenters. The van der Waals surface area contributed by atoms with Crippen molar-refractivity contribution >= 4 is 17.6 Å². The van der Waals surface area contributed by atoms with Gasteiger partial charge in [0, 0.05) is 5.02 Å². The molecule has 0 atom stereocenters. The number of carboxylic acids is 1. The summed E-state index contributed by atoms with van der Waals surface area (Å²) in [6, 6.07) is 4.01. The van der Waals surface area contributed by atoms with Crippen LogP contribution in [0.3, 0.4) is 0 Å². The largest absolute Gasteiger partial charge is 0.481 e. The number of aliphatic carboxylic acids is 1. The highest BCUT2D eigenvalue weighted by Crippen LogP contribution is 2.41. The van der Waals surface area contributed by atoms with E-state index < -0.39 is 17.2 Å². The first-order valence-corrected chi connectivity index (χ1v) is 6.63. The van der Waals surface area contributed by atoms with Gasteiger partial charge in [0.15, 0.2) is 0 Å². The first-order chi connectivity index (χ1) is 8.56. The Morgan fingerprint density at radius 2 is 1.83 bits per heavy atom. The summed E-state index contributed by atoms with van der Waals surface area (Å²) in [6.45, 7) is 0. The van der Waals surface area contributed by atoms with Crippen molar-refractivity contribution in [1.29, 1.82) is 0 Å². The lowest BCUT2D eigenvalue weighted by Gasteiger charge is -2.29. The molecule has 0 aliphatic heterocycles. The van der Waals surface area contributed by atoms with E-state index in [1.807, 2.05) is 0 Å². The van der Waals surface area contributed by atoms with Crippen molar-refractivity contribution in [3.63, 3.8) is 0 Å². The van der Waals surface area contributed by atoms with Crippen molar-refractivity contribution in [2.75, 3.05) is 0 Å². The Kier molecular flexibility index (Phi) is 3.91. The van der Waals surface area contributed by atoms with Crippen LogP contribution in [0.5, 0.6) is 0 Å². The van der Waals surface area contributed by atoms with E-state index in [9.17, 15) is 14.3 Å². The van der Waals surface area contributed by atoms with Gasteiger partial charge in [-0.1, -0.05) is 43.4 Å².